The second-order valence-electron chi connectivity index (χ2n) is 16.8. The first-order chi connectivity index (χ1) is 33.6. The van der Waals surface area contributed by atoms with E-state index in [1.807, 2.05) is 45.0 Å². The highest BCUT2D eigenvalue weighted by atomic mass is 32.2. The summed E-state index contributed by atoms with van der Waals surface area (Å²) in [5, 5.41) is 24.6. The predicted octanol–water partition coefficient (Wildman–Crippen LogP) is 11.5. The van der Waals surface area contributed by atoms with Crippen molar-refractivity contribution < 1.29 is 49.8 Å². The fourth-order valence-corrected chi connectivity index (χ4v) is 10.5. The summed E-state index contributed by atoms with van der Waals surface area (Å²) >= 11 is 0. The third-order valence-electron chi connectivity index (χ3n) is 11.9. The molecule has 0 atom stereocenters. The van der Waals surface area contributed by atoms with Crippen LogP contribution in [0.25, 0.3) is 33.4 Å². The number of anilines is 6. The largest absolute Gasteiger partial charge is 0.478 e. The van der Waals surface area contributed by atoms with Crippen molar-refractivity contribution in [1.82, 2.24) is 0 Å². The first kappa shape index (κ1) is 49.1. The average molecular weight is 995 g/mol. The summed E-state index contributed by atoms with van der Waals surface area (Å²) in [6.07, 6.45) is 0. The van der Waals surface area contributed by atoms with Gasteiger partial charge in [-0.2, -0.15) is 16.8 Å². The van der Waals surface area contributed by atoms with Gasteiger partial charge in [0.05, 0.1) is 28.0 Å². The van der Waals surface area contributed by atoms with Crippen molar-refractivity contribution in [3.05, 3.63) is 166 Å². The van der Waals surface area contributed by atoms with Crippen molar-refractivity contribution >= 4 is 89.0 Å². The Balaban J connectivity index is 1.26. The number of urea groups is 2. The van der Waals surface area contributed by atoms with Gasteiger partial charge in [0.2, 0.25) is 0 Å². The number of nitrogens with zero attached hydrogens (tertiary/aromatic N) is 1. The Morgan fingerprint density at radius 3 is 1.89 bits per heavy atom. The van der Waals surface area contributed by atoms with E-state index in [0.29, 0.717) is 44.8 Å². The van der Waals surface area contributed by atoms with Crippen LogP contribution >= 0.6 is 0 Å². The quantitative estimate of drug-likeness (QED) is 0.0444. The molecule has 0 saturated carbocycles. The minimum absolute atomic E-state index is 0.00636. The van der Waals surface area contributed by atoms with Gasteiger partial charge < -0.3 is 36.1 Å². The molecule has 71 heavy (non-hydrogen) atoms. The van der Waals surface area contributed by atoms with E-state index >= 15 is 0 Å². The number of fused-ring (bicyclic) bond motifs is 2. The van der Waals surface area contributed by atoms with Gasteiger partial charge in [-0.25, -0.2) is 19.4 Å². The van der Waals surface area contributed by atoms with Gasteiger partial charge in [0.1, 0.15) is 21.1 Å². The molecule has 0 unspecified atom stereocenters. The van der Waals surface area contributed by atoms with Crippen LogP contribution in [0.2, 0.25) is 0 Å². The van der Waals surface area contributed by atoms with Gasteiger partial charge in [0.25, 0.3) is 20.2 Å². The summed E-state index contributed by atoms with van der Waals surface area (Å²) < 4.78 is 79.1. The molecule has 8 N–H and O–H groups in total. The molecule has 4 amide bonds. The fraction of sp³-hybridized carbons (Fsp3) is 0.115. The molecule has 0 bridgehead atoms. The lowest BCUT2D eigenvalue weighted by Crippen LogP contribution is -2.22. The third-order valence-corrected chi connectivity index (χ3v) is 13.9. The van der Waals surface area contributed by atoms with E-state index in [9.17, 15) is 45.4 Å². The number of hydrogen-bond donors (Lipinski definition) is 8. The molecule has 0 saturated heterocycles. The summed E-state index contributed by atoms with van der Waals surface area (Å²) in [6, 6.07) is 31.2. The molecule has 362 valence electrons. The topological polar surface area (TPSA) is 266 Å². The van der Waals surface area contributed by atoms with Gasteiger partial charge in [0.15, 0.2) is 0 Å². The molecular formula is C52H46N6O11S2. The van der Waals surface area contributed by atoms with E-state index in [0.717, 1.165) is 16.7 Å². The molecule has 19 heteroatoms. The van der Waals surface area contributed by atoms with Gasteiger partial charge in [-0.1, -0.05) is 48.5 Å². The number of benzene rings is 7. The first-order valence-corrected chi connectivity index (χ1v) is 24.6. The normalized spacial score (nSPS) is 11.9. The van der Waals surface area contributed by atoms with Crippen LogP contribution in [0.1, 0.15) is 43.7 Å². The summed E-state index contributed by atoms with van der Waals surface area (Å²) in [7, 11) is -9.66. The van der Waals surface area contributed by atoms with Crippen LogP contribution in [-0.2, 0) is 20.2 Å². The molecule has 1 aliphatic heterocycles. The fourth-order valence-electron chi connectivity index (χ4n) is 8.79. The number of rotatable bonds is 11. The van der Waals surface area contributed by atoms with E-state index in [-0.39, 0.29) is 60.9 Å². The van der Waals surface area contributed by atoms with Crippen molar-refractivity contribution in [1.29, 1.82) is 0 Å². The summed E-state index contributed by atoms with van der Waals surface area (Å²) in [4.78, 5) is 42.0. The van der Waals surface area contributed by atoms with Crippen LogP contribution < -0.4 is 31.9 Å². The molecule has 1 heterocycles. The van der Waals surface area contributed by atoms with Crippen LogP contribution in [0.4, 0.5) is 49.4 Å². The van der Waals surface area contributed by atoms with Crippen molar-refractivity contribution in [2.45, 2.75) is 51.3 Å². The molecule has 17 nitrogen and oxygen atoms in total. The standard InChI is InChI=1S/C52H46N6O11S2/c1-27-23-28(2)46(57-51(61)55-34-14-8-7-9-15-34)29(3)45(27)53-36-19-21-38-41(25-36)69-42-26-37(20-22-39(42)44(38)40-17-10-11-18-43(40)70(63,64)65)54-47-30(4)48(32(6)49(31(47)5)71(66,67)68)58-52(62)56-35-16-12-13-33(24-35)50(59)60/h7-26,53H,1-6H3,(H,59,60)(H2,55,57,61)(H2,56,58,62)(H,63,64,65)(H,66,67,68). The van der Waals surface area contributed by atoms with E-state index < -0.39 is 43.2 Å². The number of carboxylic acid groups (broad SMARTS) is 1. The molecule has 6 aromatic carbocycles. The number of amides is 4. The lowest BCUT2D eigenvalue weighted by atomic mass is 9.93. The molecule has 6 aromatic rings. The molecule has 8 rings (SSSR count). The van der Waals surface area contributed by atoms with E-state index in [1.165, 1.54) is 50.2 Å². The highest BCUT2D eigenvalue weighted by Gasteiger charge is 2.27. The van der Waals surface area contributed by atoms with Crippen LogP contribution in [0.3, 0.4) is 0 Å². The molecule has 0 aromatic heterocycles. The van der Waals surface area contributed by atoms with E-state index in [4.69, 9.17) is 9.41 Å². The summed E-state index contributed by atoms with van der Waals surface area (Å²) in [5.74, 6) is -1.01. The number of nitrogens with one attached hydrogen (secondary N) is 5. The number of aryl methyl sites for hydroxylation is 2. The van der Waals surface area contributed by atoms with Gasteiger partial charge >= 0.3 is 18.0 Å². The highest BCUT2D eigenvalue weighted by molar-refractivity contribution is 7.86. The minimum atomic E-state index is -4.91. The second-order valence-corrected chi connectivity index (χ2v) is 19.5. The number of para-hydroxylation sites is 1. The van der Waals surface area contributed by atoms with Crippen molar-refractivity contribution in [2.24, 2.45) is 4.99 Å². The molecule has 0 radical (unpaired) electrons. The maximum absolute atomic E-state index is 13.4. The van der Waals surface area contributed by atoms with Crippen LogP contribution in [-0.4, -0.2) is 49.1 Å². The zero-order valence-electron chi connectivity index (χ0n) is 38.9. The minimum Gasteiger partial charge on any atom is -0.478 e. The monoisotopic (exact) mass is 994 g/mol. The maximum Gasteiger partial charge on any atom is 0.335 e. The Bertz CT molecular complexity index is 3780. The number of carbonyl (C=O) groups is 3. The van der Waals surface area contributed by atoms with Gasteiger partial charge in [0, 0.05) is 57.0 Å². The molecule has 1 aliphatic carbocycles. The summed E-state index contributed by atoms with van der Waals surface area (Å²) in [5.41, 5.74) is 6.76. The number of carbonyl (C=O) groups excluding carboxylic acids is 2. The maximum atomic E-state index is 13.4. The predicted molar refractivity (Wildman–Crippen MR) is 273 cm³/mol. The number of aromatic carboxylic acids is 1. The Labute approximate surface area is 408 Å². The second kappa shape index (κ2) is 19.2. The number of hydrogen-bond acceptors (Lipinski definition) is 10. The zero-order chi connectivity index (χ0) is 51.1. The molecule has 0 spiro atoms. The smallest absolute Gasteiger partial charge is 0.335 e. The van der Waals surface area contributed by atoms with Crippen molar-refractivity contribution in [3.8, 4) is 22.5 Å². The lowest BCUT2D eigenvalue weighted by molar-refractivity contribution is 0.0696. The highest BCUT2D eigenvalue weighted by Crippen LogP contribution is 2.44. The van der Waals surface area contributed by atoms with Gasteiger partial charge in [-0.3, -0.25) is 9.11 Å². The Morgan fingerprint density at radius 2 is 1.20 bits per heavy atom. The SMILES string of the molecule is Cc1cc(C)c(Nc2ccc3c(-c4ccccc4S(=O)(=O)O)c4ccc(=Nc5c(C)c(NC(=O)Nc6cccc(C(=O)O)c6)c(C)c(S(=O)(=O)O)c5C)cc-4oc3c2)c(C)c1NC(=O)Nc1ccccc1. The number of carboxylic acids is 1. The zero-order valence-corrected chi connectivity index (χ0v) is 40.6. The Morgan fingerprint density at radius 1 is 0.549 bits per heavy atom. The Hall–Kier alpha value is -8.36. The first-order valence-electron chi connectivity index (χ1n) is 21.7. The molecular weight excluding hydrogens is 949 g/mol. The van der Waals surface area contributed by atoms with Crippen LogP contribution in [0, 0.1) is 41.5 Å². The lowest BCUT2D eigenvalue weighted by Gasteiger charge is -2.21. The Kier molecular flexibility index (Phi) is 13.3. The van der Waals surface area contributed by atoms with Crippen LogP contribution in [0.5, 0.6) is 0 Å². The third kappa shape index (κ3) is 10.2. The summed E-state index contributed by atoms with van der Waals surface area (Å²) in [6.45, 7) is 10.2. The van der Waals surface area contributed by atoms with Crippen molar-refractivity contribution in [2.75, 3.05) is 26.6 Å². The van der Waals surface area contributed by atoms with E-state index in [2.05, 4.69) is 26.6 Å². The average Bonchev–Trinajstić information content (AvgIpc) is 3.30. The molecule has 2 aliphatic rings. The molecule has 0 fully saturated rings. The van der Waals surface area contributed by atoms with Gasteiger partial charge in [-0.15, -0.1) is 0 Å². The van der Waals surface area contributed by atoms with Gasteiger partial charge in [-0.05, 0) is 136 Å². The van der Waals surface area contributed by atoms with E-state index in [1.54, 1.807) is 67.6 Å². The van der Waals surface area contributed by atoms with Crippen LogP contribution in [0.15, 0.2) is 141 Å². The van der Waals surface area contributed by atoms with Crippen molar-refractivity contribution in [3.63, 3.8) is 0 Å².